The molecular formula is C20H17N3O3. The average Bonchev–Trinajstić information content (AvgIpc) is 3.05. The van der Waals surface area contributed by atoms with Gasteiger partial charge in [0.25, 0.3) is 5.56 Å². The van der Waals surface area contributed by atoms with Crippen LogP contribution in [0.3, 0.4) is 0 Å². The van der Waals surface area contributed by atoms with Crippen molar-refractivity contribution in [2.24, 2.45) is 0 Å². The summed E-state index contributed by atoms with van der Waals surface area (Å²) >= 11 is 0. The molecule has 4 rings (SSSR count). The second-order valence-electron chi connectivity index (χ2n) is 5.92. The zero-order valence-corrected chi connectivity index (χ0v) is 14.3. The Balaban J connectivity index is 2.01. The van der Waals surface area contributed by atoms with E-state index in [1.165, 1.54) is 10.6 Å². The summed E-state index contributed by atoms with van der Waals surface area (Å²) in [5.41, 5.74) is 1.99. The van der Waals surface area contributed by atoms with E-state index in [2.05, 4.69) is 4.98 Å². The Bertz CT molecular complexity index is 1160. The van der Waals surface area contributed by atoms with Crippen molar-refractivity contribution in [3.05, 3.63) is 82.3 Å². The second-order valence-corrected chi connectivity index (χ2v) is 5.92. The number of benzene rings is 2. The topological polar surface area (TPSA) is 65.6 Å². The third-order valence-electron chi connectivity index (χ3n) is 4.21. The Hall–Kier alpha value is -3.41. The van der Waals surface area contributed by atoms with Gasteiger partial charge in [-0.1, -0.05) is 42.5 Å². The van der Waals surface area contributed by atoms with Crippen molar-refractivity contribution in [3.8, 4) is 0 Å². The third-order valence-corrected chi connectivity index (χ3v) is 4.21. The Morgan fingerprint density at radius 3 is 2.58 bits per heavy atom. The van der Waals surface area contributed by atoms with E-state index in [4.69, 9.17) is 4.74 Å². The van der Waals surface area contributed by atoms with Gasteiger partial charge < -0.3 is 9.30 Å². The first-order valence-electron chi connectivity index (χ1n) is 8.40. The molecule has 4 aromatic rings. The Kier molecular flexibility index (Phi) is 4.01. The highest BCUT2D eigenvalue weighted by molar-refractivity contribution is 5.90. The summed E-state index contributed by atoms with van der Waals surface area (Å²) in [6.07, 6.45) is 1.54. The molecular weight excluding hydrogens is 330 g/mol. The van der Waals surface area contributed by atoms with E-state index in [0.29, 0.717) is 23.4 Å². The fourth-order valence-corrected chi connectivity index (χ4v) is 3.04. The summed E-state index contributed by atoms with van der Waals surface area (Å²) in [6.45, 7) is 2.41. The standard InChI is InChI=1S/C20H17N3O3/c1-2-26-19(25)15-13-22(12-14-8-4-3-5-9-14)20-21-16-10-6-7-11-17(16)23(20)18(15)24/h3-11,13H,2,12H2,1H3. The third kappa shape index (κ3) is 2.65. The van der Waals surface area contributed by atoms with Gasteiger partial charge in [-0.25, -0.2) is 14.2 Å². The Morgan fingerprint density at radius 2 is 1.81 bits per heavy atom. The summed E-state index contributed by atoms with van der Waals surface area (Å²) in [7, 11) is 0. The van der Waals surface area contributed by atoms with Gasteiger partial charge in [0, 0.05) is 6.20 Å². The van der Waals surface area contributed by atoms with E-state index in [9.17, 15) is 9.59 Å². The van der Waals surface area contributed by atoms with Crippen molar-refractivity contribution in [3.63, 3.8) is 0 Å². The highest BCUT2D eigenvalue weighted by Gasteiger charge is 2.19. The number of nitrogens with zero attached hydrogens (tertiary/aromatic N) is 3. The molecule has 0 aliphatic carbocycles. The van der Waals surface area contributed by atoms with Crippen LogP contribution in [0.2, 0.25) is 0 Å². The van der Waals surface area contributed by atoms with E-state index >= 15 is 0 Å². The van der Waals surface area contributed by atoms with Crippen molar-refractivity contribution in [1.29, 1.82) is 0 Å². The lowest BCUT2D eigenvalue weighted by Gasteiger charge is -2.11. The van der Waals surface area contributed by atoms with Crippen LogP contribution < -0.4 is 5.56 Å². The molecule has 26 heavy (non-hydrogen) atoms. The van der Waals surface area contributed by atoms with Crippen LogP contribution in [-0.2, 0) is 11.3 Å². The van der Waals surface area contributed by atoms with Crippen molar-refractivity contribution >= 4 is 22.8 Å². The predicted octanol–water partition coefficient (Wildman–Crippen LogP) is 2.87. The van der Waals surface area contributed by atoms with Crippen LogP contribution in [0.5, 0.6) is 0 Å². The molecule has 2 aromatic heterocycles. The molecule has 0 amide bonds. The lowest BCUT2D eigenvalue weighted by atomic mass is 10.2. The van der Waals surface area contributed by atoms with Crippen LogP contribution in [0.15, 0.2) is 65.6 Å². The summed E-state index contributed by atoms with van der Waals surface area (Å²) in [5.74, 6) is -0.132. The smallest absolute Gasteiger partial charge is 0.345 e. The molecule has 0 aliphatic heterocycles. The lowest BCUT2D eigenvalue weighted by Crippen LogP contribution is -2.26. The van der Waals surface area contributed by atoms with E-state index in [-0.39, 0.29) is 12.2 Å². The van der Waals surface area contributed by atoms with Crippen LogP contribution in [-0.4, -0.2) is 26.5 Å². The summed E-state index contributed by atoms with van der Waals surface area (Å²) < 4.78 is 8.35. The van der Waals surface area contributed by atoms with E-state index in [1.54, 1.807) is 6.92 Å². The fourth-order valence-electron chi connectivity index (χ4n) is 3.04. The minimum Gasteiger partial charge on any atom is -0.462 e. The molecule has 0 fully saturated rings. The highest BCUT2D eigenvalue weighted by atomic mass is 16.5. The number of fused-ring (bicyclic) bond motifs is 3. The molecule has 130 valence electrons. The number of ether oxygens (including phenoxy) is 1. The van der Waals surface area contributed by atoms with Crippen LogP contribution >= 0.6 is 0 Å². The van der Waals surface area contributed by atoms with Crippen molar-refractivity contribution in [1.82, 2.24) is 14.0 Å². The maximum atomic E-state index is 12.9. The molecule has 2 heterocycles. The average molecular weight is 347 g/mol. The van der Waals surface area contributed by atoms with Gasteiger partial charge in [0.1, 0.15) is 5.56 Å². The molecule has 2 aromatic carbocycles. The van der Waals surface area contributed by atoms with Gasteiger partial charge in [-0.2, -0.15) is 0 Å². The monoisotopic (exact) mass is 347 g/mol. The molecule has 0 N–H and O–H groups in total. The lowest BCUT2D eigenvalue weighted by molar-refractivity contribution is 0.0523. The molecule has 6 nitrogen and oxygen atoms in total. The molecule has 0 saturated carbocycles. The maximum Gasteiger partial charge on any atom is 0.345 e. The predicted molar refractivity (Wildman–Crippen MR) is 98.5 cm³/mol. The first kappa shape index (κ1) is 16.1. The first-order valence-corrected chi connectivity index (χ1v) is 8.40. The number of aromatic nitrogens is 3. The number of esters is 1. The first-order chi connectivity index (χ1) is 12.7. The van der Waals surface area contributed by atoms with Crippen LogP contribution in [0.1, 0.15) is 22.8 Å². The van der Waals surface area contributed by atoms with Gasteiger partial charge in [0.15, 0.2) is 0 Å². The van der Waals surface area contributed by atoms with Crippen LogP contribution in [0, 0.1) is 0 Å². The molecule has 0 radical (unpaired) electrons. The number of rotatable bonds is 4. The molecule has 0 bridgehead atoms. The van der Waals surface area contributed by atoms with Crippen molar-refractivity contribution in [2.45, 2.75) is 13.5 Å². The van der Waals surface area contributed by atoms with Gasteiger partial charge in [-0.3, -0.25) is 4.79 Å². The van der Waals surface area contributed by atoms with Crippen molar-refractivity contribution in [2.75, 3.05) is 6.61 Å². The van der Waals surface area contributed by atoms with Gasteiger partial charge in [-0.15, -0.1) is 0 Å². The van der Waals surface area contributed by atoms with E-state index < -0.39 is 11.5 Å². The largest absolute Gasteiger partial charge is 0.462 e. The Labute approximate surface area is 149 Å². The van der Waals surface area contributed by atoms with E-state index in [1.807, 2.05) is 59.2 Å². The van der Waals surface area contributed by atoms with Gasteiger partial charge in [-0.05, 0) is 24.6 Å². The molecule has 0 atom stereocenters. The highest BCUT2D eigenvalue weighted by Crippen LogP contribution is 2.16. The zero-order valence-electron chi connectivity index (χ0n) is 14.3. The maximum absolute atomic E-state index is 12.9. The molecule has 0 saturated heterocycles. The Morgan fingerprint density at radius 1 is 1.08 bits per heavy atom. The van der Waals surface area contributed by atoms with Crippen LogP contribution in [0.4, 0.5) is 0 Å². The molecule has 0 aliphatic rings. The van der Waals surface area contributed by atoms with Gasteiger partial charge in [0.2, 0.25) is 5.78 Å². The molecule has 0 unspecified atom stereocenters. The van der Waals surface area contributed by atoms with Crippen LogP contribution in [0.25, 0.3) is 16.8 Å². The number of para-hydroxylation sites is 2. The minimum atomic E-state index is -0.626. The number of carbonyl (C=O) groups excluding carboxylic acids is 1. The summed E-state index contributed by atoms with van der Waals surface area (Å²) in [6, 6.07) is 17.2. The molecule has 0 spiro atoms. The van der Waals surface area contributed by atoms with Crippen molar-refractivity contribution < 1.29 is 9.53 Å². The second kappa shape index (κ2) is 6.48. The van der Waals surface area contributed by atoms with Gasteiger partial charge in [0.05, 0.1) is 24.2 Å². The van der Waals surface area contributed by atoms with Gasteiger partial charge >= 0.3 is 5.97 Å². The normalized spacial score (nSPS) is 11.1. The molecule has 6 heteroatoms. The SMILES string of the molecule is CCOC(=O)c1cn(Cc2ccccc2)c2nc3ccccc3n2c1=O. The fraction of sp³-hybridized carbons (Fsp3) is 0.150. The number of hydrogen-bond acceptors (Lipinski definition) is 4. The minimum absolute atomic E-state index is 0.00145. The number of carbonyl (C=O) groups is 1. The number of hydrogen-bond donors (Lipinski definition) is 0. The quantitative estimate of drug-likeness (QED) is 0.533. The summed E-state index contributed by atoms with van der Waals surface area (Å²) in [5, 5.41) is 0. The van der Waals surface area contributed by atoms with E-state index in [0.717, 1.165) is 5.56 Å². The number of imidazole rings is 1. The zero-order chi connectivity index (χ0) is 18.1. The summed E-state index contributed by atoms with van der Waals surface area (Å²) in [4.78, 5) is 29.8.